The van der Waals surface area contributed by atoms with E-state index in [4.69, 9.17) is 0 Å². The summed E-state index contributed by atoms with van der Waals surface area (Å²) in [6, 6.07) is 0. The van der Waals surface area contributed by atoms with Gasteiger partial charge in [0.15, 0.2) is 0 Å². The van der Waals surface area contributed by atoms with Crippen LogP contribution in [-0.2, 0) is 19.6 Å². The summed E-state index contributed by atoms with van der Waals surface area (Å²) in [5, 5.41) is 11.4. The maximum Gasteiger partial charge on any atom is 0.257 e. The van der Waals surface area contributed by atoms with E-state index in [2.05, 4.69) is 15.5 Å². The fourth-order valence-corrected chi connectivity index (χ4v) is 1.79. The maximum atomic E-state index is 12.2. The van der Waals surface area contributed by atoms with Crippen LogP contribution < -0.4 is 5.32 Å². The van der Waals surface area contributed by atoms with Crippen LogP contribution in [0, 0.1) is 6.92 Å². The molecule has 2 rings (SSSR count). The first-order chi connectivity index (χ1) is 9.08. The first-order valence-electron chi connectivity index (χ1n) is 6.16. The van der Waals surface area contributed by atoms with E-state index in [-0.39, 0.29) is 19.0 Å². The number of halogens is 3. The van der Waals surface area contributed by atoms with Crippen molar-refractivity contribution in [1.82, 2.24) is 19.6 Å². The summed E-state index contributed by atoms with van der Waals surface area (Å²) in [5.41, 5.74) is 2.73. The fraction of sp³-hybridized carbons (Fsp3) is 0.500. The van der Waals surface area contributed by atoms with Gasteiger partial charge in [-0.05, 0) is 13.8 Å². The van der Waals surface area contributed by atoms with Crippen molar-refractivity contribution in [2.75, 3.05) is 5.32 Å². The van der Waals surface area contributed by atoms with Gasteiger partial charge in [-0.1, -0.05) is 0 Å². The van der Waals surface area contributed by atoms with Crippen LogP contribution in [0.1, 0.15) is 18.2 Å². The predicted octanol–water partition coefficient (Wildman–Crippen LogP) is 2.71. The first-order valence-corrected chi connectivity index (χ1v) is 6.16. The molecule has 2 heterocycles. The molecular weight excluding hydrogens is 288 g/mol. The molecule has 0 aromatic carbocycles. The highest BCUT2D eigenvalue weighted by molar-refractivity contribution is 5.85. The summed E-state index contributed by atoms with van der Waals surface area (Å²) in [4.78, 5) is 0. The monoisotopic (exact) mass is 305 g/mol. The highest BCUT2D eigenvalue weighted by Crippen LogP contribution is 2.13. The van der Waals surface area contributed by atoms with Crippen LogP contribution >= 0.6 is 12.4 Å². The molecule has 2 aromatic heterocycles. The molecule has 0 aliphatic heterocycles. The molecular formula is C12H18ClF2N5. The quantitative estimate of drug-likeness (QED) is 0.892. The van der Waals surface area contributed by atoms with Crippen molar-refractivity contribution >= 4 is 18.1 Å². The van der Waals surface area contributed by atoms with Crippen LogP contribution in [0.4, 0.5) is 14.5 Å². The van der Waals surface area contributed by atoms with Gasteiger partial charge in [-0.2, -0.15) is 10.2 Å². The van der Waals surface area contributed by atoms with E-state index in [0.29, 0.717) is 6.54 Å². The molecule has 0 unspecified atom stereocenters. The Labute approximate surface area is 122 Å². The van der Waals surface area contributed by atoms with Crippen molar-refractivity contribution in [2.45, 2.75) is 39.9 Å². The molecule has 0 saturated heterocycles. The molecule has 0 aliphatic carbocycles. The highest BCUT2D eigenvalue weighted by atomic mass is 35.5. The summed E-state index contributed by atoms with van der Waals surface area (Å²) < 4.78 is 27.5. The zero-order valence-electron chi connectivity index (χ0n) is 11.4. The van der Waals surface area contributed by atoms with Gasteiger partial charge in [0.05, 0.1) is 17.6 Å². The normalized spacial score (nSPS) is 10.7. The molecule has 20 heavy (non-hydrogen) atoms. The molecule has 8 heteroatoms. The van der Waals surface area contributed by atoms with Crippen molar-refractivity contribution in [3.8, 4) is 0 Å². The largest absolute Gasteiger partial charge is 0.378 e. The standard InChI is InChI=1S/C12H17F2N5.ClH/c1-3-18-7-11(9(2)17-18)15-4-10-5-16-19(6-10)8-12(13)14;/h5-7,12,15H,3-4,8H2,1-2H3;1H. The Hall–Kier alpha value is -1.63. The first kappa shape index (κ1) is 16.4. The number of aromatic nitrogens is 4. The van der Waals surface area contributed by atoms with E-state index in [1.165, 1.54) is 4.68 Å². The van der Waals surface area contributed by atoms with Crippen LogP contribution in [0.3, 0.4) is 0 Å². The molecule has 0 atom stereocenters. The molecule has 0 fully saturated rings. The van der Waals surface area contributed by atoms with Gasteiger partial charge in [-0.3, -0.25) is 9.36 Å². The fourth-order valence-electron chi connectivity index (χ4n) is 1.79. The zero-order chi connectivity index (χ0) is 13.8. The van der Waals surface area contributed by atoms with E-state index < -0.39 is 6.43 Å². The average molecular weight is 306 g/mol. The Morgan fingerprint density at radius 1 is 1.30 bits per heavy atom. The van der Waals surface area contributed by atoms with Crippen LogP contribution in [0.2, 0.25) is 0 Å². The van der Waals surface area contributed by atoms with Gasteiger partial charge in [0, 0.05) is 31.0 Å². The summed E-state index contributed by atoms with van der Waals surface area (Å²) in [6.07, 6.45) is 2.76. The molecule has 0 amide bonds. The van der Waals surface area contributed by atoms with Crippen LogP contribution in [0.25, 0.3) is 0 Å². The van der Waals surface area contributed by atoms with E-state index in [1.807, 2.05) is 24.7 Å². The number of nitrogens with one attached hydrogen (secondary N) is 1. The van der Waals surface area contributed by atoms with Gasteiger partial charge >= 0.3 is 0 Å². The number of alkyl halides is 2. The van der Waals surface area contributed by atoms with Crippen LogP contribution in [-0.4, -0.2) is 26.0 Å². The lowest BCUT2D eigenvalue weighted by Gasteiger charge is -2.02. The molecule has 5 nitrogen and oxygen atoms in total. The second-order valence-corrected chi connectivity index (χ2v) is 4.30. The summed E-state index contributed by atoms with van der Waals surface area (Å²) in [6.45, 7) is 4.93. The van der Waals surface area contributed by atoms with Gasteiger partial charge in [-0.25, -0.2) is 8.78 Å². The Morgan fingerprint density at radius 2 is 2.05 bits per heavy atom. The van der Waals surface area contributed by atoms with Crippen molar-refractivity contribution < 1.29 is 8.78 Å². The van der Waals surface area contributed by atoms with E-state index in [0.717, 1.165) is 23.5 Å². The lowest BCUT2D eigenvalue weighted by Crippen LogP contribution is -2.06. The third-order valence-electron chi connectivity index (χ3n) is 2.77. The van der Waals surface area contributed by atoms with Crippen molar-refractivity contribution in [2.24, 2.45) is 0 Å². The Balaban J connectivity index is 0.00000200. The molecule has 1 N–H and O–H groups in total. The molecule has 112 valence electrons. The summed E-state index contributed by atoms with van der Waals surface area (Å²) in [7, 11) is 0. The number of hydrogen-bond acceptors (Lipinski definition) is 3. The van der Waals surface area contributed by atoms with Crippen molar-refractivity contribution in [3.05, 3.63) is 29.8 Å². The molecule has 0 saturated carbocycles. The average Bonchev–Trinajstić information content (AvgIpc) is 2.93. The van der Waals surface area contributed by atoms with E-state index in [9.17, 15) is 8.78 Å². The van der Waals surface area contributed by atoms with Crippen LogP contribution in [0.5, 0.6) is 0 Å². The predicted molar refractivity (Wildman–Crippen MR) is 75.4 cm³/mol. The highest BCUT2D eigenvalue weighted by Gasteiger charge is 2.07. The number of anilines is 1. The maximum absolute atomic E-state index is 12.2. The Morgan fingerprint density at radius 3 is 2.65 bits per heavy atom. The Bertz CT molecular complexity index is 538. The molecule has 0 bridgehead atoms. The minimum atomic E-state index is -2.38. The lowest BCUT2D eigenvalue weighted by atomic mass is 10.3. The van der Waals surface area contributed by atoms with E-state index in [1.54, 1.807) is 12.4 Å². The van der Waals surface area contributed by atoms with Gasteiger partial charge in [-0.15, -0.1) is 12.4 Å². The van der Waals surface area contributed by atoms with Gasteiger partial charge in [0.25, 0.3) is 6.43 Å². The molecule has 2 aromatic rings. The second kappa shape index (κ2) is 7.23. The topological polar surface area (TPSA) is 47.7 Å². The van der Waals surface area contributed by atoms with E-state index >= 15 is 0 Å². The van der Waals surface area contributed by atoms with Gasteiger partial charge in [0.1, 0.15) is 6.54 Å². The Kier molecular flexibility index (Phi) is 5.94. The van der Waals surface area contributed by atoms with Gasteiger partial charge in [0.2, 0.25) is 0 Å². The molecule has 0 aliphatic rings. The van der Waals surface area contributed by atoms with Crippen LogP contribution in [0.15, 0.2) is 18.6 Å². The minimum absolute atomic E-state index is 0. The van der Waals surface area contributed by atoms with Gasteiger partial charge < -0.3 is 5.32 Å². The zero-order valence-corrected chi connectivity index (χ0v) is 12.2. The smallest absolute Gasteiger partial charge is 0.257 e. The minimum Gasteiger partial charge on any atom is -0.378 e. The van der Waals surface area contributed by atoms with Crippen molar-refractivity contribution in [1.29, 1.82) is 0 Å². The number of hydrogen-bond donors (Lipinski definition) is 1. The molecule has 0 radical (unpaired) electrons. The van der Waals surface area contributed by atoms with Crippen molar-refractivity contribution in [3.63, 3.8) is 0 Å². The number of nitrogens with zero attached hydrogens (tertiary/aromatic N) is 4. The third-order valence-corrected chi connectivity index (χ3v) is 2.77. The number of aryl methyl sites for hydroxylation is 2. The lowest BCUT2D eigenvalue weighted by molar-refractivity contribution is 0.122. The number of rotatable bonds is 6. The summed E-state index contributed by atoms with van der Waals surface area (Å²) >= 11 is 0. The molecule has 0 spiro atoms. The second-order valence-electron chi connectivity index (χ2n) is 4.30. The SMILES string of the molecule is CCn1cc(NCc2cnn(CC(F)F)c2)c(C)n1.Cl. The summed E-state index contributed by atoms with van der Waals surface area (Å²) in [5.74, 6) is 0. The third kappa shape index (κ3) is 4.19.